The minimum atomic E-state index is -0.0640. The molecule has 1 heterocycles. The molecule has 3 unspecified atom stereocenters. The lowest BCUT2D eigenvalue weighted by Gasteiger charge is -2.35. The molecule has 0 aromatic heterocycles. The molecular weight excluding hydrogens is 316 g/mol. The zero-order valence-electron chi connectivity index (χ0n) is 13.5. The van der Waals surface area contributed by atoms with Gasteiger partial charge in [0.15, 0.2) is 0 Å². The maximum Gasteiger partial charge on any atom is 0.149 e. The summed E-state index contributed by atoms with van der Waals surface area (Å²) in [6.07, 6.45) is 8.63. The maximum atomic E-state index is 5.48. The number of hydrogen-bond donors (Lipinski definition) is 0. The van der Waals surface area contributed by atoms with E-state index in [0.29, 0.717) is 0 Å². The summed E-state index contributed by atoms with van der Waals surface area (Å²) in [6, 6.07) is 0. The van der Waals surface area contributed by atoms with Crippen molar-refractivity contribution in [3.05, 3.63) is 23.4 Å². The lowest BCUT2D eigenvalue weighted by Crippen LogP contribution is -2.38. The number of hydrogen-bond acceptors (Lipinski definition) is 3. The molecule has 0 radical (unpaired) electrons. The Balaban J connectivity index is 0.000000612. The second-order valence-electron chi connectivity index (χ2n) is 5.52. The molecule has 3 nitrogen and oxygen atoms in total. The number of hydrazone groups is 1. The fourth-order valence-electron chi connectivity index (χ4n) is 2.33. The van der Waals surface area contributed by atoms with Crippen LogP contribution in [0.3, 0.4) is 0 Å². The highest BCUT2D eigenvalue weighted by molar-refractivity contribution is 9.09. The van der Waals surface area contributed by atoms with Crippen LogP contribution in [0.1, 0.15) is 47.5 Å². The molecule has 1 aliphatic carbocycles. The molecule has 0 amide bonds. The number of nitrogens with zero attached hydrogens (tertiary/aromatic N) is 2. The zero-order valence-corrected chi connectivity index (χ0v) is 15.1. The van der Waals surface area contributed by atoms with E-state index >= 15 is 0 Å². The predicted molar refractivity (Wildman–Crippen MR) is 90.0 cm³/mol. The number of ether oxygens (including phenoxy) is 1. The van der Waals surface area contributed by atoms with Gasteiger partial charge >= 0.3 is 0 Å². The van der Waals surface area contributed by atoms with Crippen LogP contribution in [0.5, 0.6) is 0 Å². The van der Waals surface area contributed by atoms with Gasteiger partial charge in [-0.3, -0.25) is 0 Å². The van der Waals surface area contributed by atoms with Crippen LogP contribution < -0.4 is 0 Å². The van der Waals surface area contributed by atoms with E-state index < -0.39 is 0 Å². The third kappa shape index (κ3) is 3.34. The van der Waals surface area contributed by atoms with Crippen molar-refractivity contribution in [2.24, 2.45) is 10.5 Å². The Hall–Kier alpha value is -0.610. The summed E-state index contributed by atoms with van der Waals surface area (Å²) in [5.41, 5.74) is 2.42. The normalized spacial score (nSPS) is 29.1. The highest BCUT2D eigenvalue weighted by Crippen LogP contribution is 2.45. The Morgan fingerprint density at radius 3 is 2.55 bits per heavy atom. The smallest absolute Gasteiger partial charge is 0.149 e. The average Bonchev–Trinajstić information content (AvgIpc) is 2.72. The van der Waals surface area contributed by atoms with Crippen LogP contribution in [0.4, 0.5) is 0 Å². The molecule has 4 heteroatoms. The second-order valence-corrected chi connectivity index (χ2v) is 6.51. The van der Waals surface area contributed by atoms with E-state index in [0.717, 1.165) is 6.42 Å². The molecule has 0 fully saturated rings. The van der Waals surface area contributed by atoms with Gasteiger partial charge in [0.1, 0.15) is 6.23 Å². The van der Waals surface area contributed by atoms with Crippen molar-refractivity contribution in [1.29, 1.82) is 0 Å². The average molecular weight is 343 g/mol. The quantitative estimate of drug-likeness (QED) is 0.694. The maximum absolute atomic E-state index is 5.48. The third-order valence-corrected chi connectivity index (χ3v) is 4.71. The van der Waals surface area contributed by atoms with Crippen molar-refractivity contribution < 1.29 is 4.74 Å². The molecule has 2 rings (SSSR count). The fraction of sp³-hybridized carbons (Fsp3) is 0.688. The largest absolute Gasteiger partial charge is 0.360 e. The topological polar surface area (TPSA) is 24.8 Å². The van der Waals surface area contributed by atoms with Crippen LogP contribution in [0.15, 0.2) is 28.5 Å². The molecular formula is C16H27BrN2O. The molecule has 0 bridgehead atoms. The number of halogens is 1. The zero-order chi connectivity index (χ0) is 15.3. The lowest BCUT2D eigenvalue weighted by atomic mass is 9.80. The van der Waals surface area contributed by atoms with Crippen LogP contribution in [-0.4, -0.2) is 29.4 Å². The summed E-state index contributed by atoms with van der Waals surface area (Å²) < 4.78 is 5.48. The van der Waals surface area contributed by atoms with Gasteiger partial charge in [-0.2, -0.15) is 5.10 Å². The molecule has 0 saturated carbocycles. The van der Waals surface area contributed by atoms with Gasteiger partial charge in [0, 0.05) is 18.2 Å². The third-order valence-electron chi connectivity index (χ3n) is 3.49. The van der Waals surface area contributed by atoms with Gasteiger partial charge in [-0.1, -0.05) is 54.8 Å². The highest BCUT2D eigenvalue weighted by Gasteiger charge is 2.44. The van der Waals surface area contributed by atoms with E-state index in [9.17, 15) is 0 Å². The summed E-state index contributed by atoms with van der Waals surface area (Å²) in [7, 11) is 1.73. The summed E-state index contributed by atoms with van der Waals surface area (Å²) in [6.45, 7) is 10.7. The lowest BCUT2D eigenvalue weighted by molar-refractivity contribution is -0.0152. The van der Waals surface area contributed by atoms with Gasteiger partial charge in [0.25, 0.3) is 0 Å². The number of alkyl halides is 1. The Labute approximate surface area is 131 Å². The molecule has 0 aromatic rings. The van der Waals surface area contributed by atoms with Crippen molar-refractivity contribution >= 4 is 22.1 Å². The van der Waals surface area contributed by atoms with Crippen molar-refractivity contribution in [2.45, 2.75) is 58.5 Å². The second kappa shape index (κ2) is 7.41. The van der Waals surface area contributed by atoms with E-state index in [1.165, 1.54) is 17.7 Å². The molecule has 0 saturated heterocycles. The highest BCUT2D eigenvalue weighted by atomic mass is 79.9. The Bertz CT molecular complexity index is 413. The van der Waals surface area contributed by atoms with Crippen LogP contribution in [0.2, 0.25) is 0 Å². The van der Waals surface area contributed by atoms with Crippen molar-refractivity contribution in [3.63, 3.8) is 0 Å². The standard InChI is InChI=1S/C13H19BrN2O.C3H8/c1-5-12(17-4)16-11-7-9(2)6-10(14)13(11,3)8-15-16;1-3-2/h6-8,10,12H,5H2,1-4H3;3H2,1-2H3. The number of fused-ring (bicyclic) bond motifs is 1. The van der Waals surface area contributed by atoms with Crippen molar-refractivity contribution in [3.8, 4) is 0 Å². The SMILES string of the molecule is CCC.CCC(OC)N1N=CC2(C)C1=CC(C)=CC2Br. The van der Waals surface area contributed by atoms with Crippen molar-refractivity contribution in [1.82, 2.24) is 5.01 Å². The minimum Gasteiger partial charge on any atom is -0.360 e. The van der Waals surface area contributed by atoms with Gasteiger partial charge < -0.3 is 4.74 Å². The summed E-state index contributed by atoms with van der Waals surface area (Å²) in [5, 5.41) is 6.54. The molecule has 114 valence electrons. The first-order chi connectivity index (χ1) is 9.44. The van der Waals surface area contributed by atoms with Crippen LogP contribution in [0.25, 0.3) is 0 Å². The summed E-state index contributed by atoms with van der Waals surface area (Å²) in [5.74, 6) is 0. The van der Waals surface area contributed by atoms with E-state index in [1.54, 1.807) is 7.11 Å². The summed E-state index contributed by atoms with van der Waals surface area (Å²) >= 11 is 3.74. The van der Waals surface area contributed by atoms with Crippen LogP contribution in [-0.2, 0) is 4.74 Å². The summed E-state index contributed by atoms with van der Waals surface area (Å²) in [4.78, 5) is 0.290. The Morgan fingerprint density at radius 1 is 1.45 bits per heavy atom. The molecule has 2 aliphatic rings. The first kappa shape index (κ1) is 17.4. The first-order valence-corrected chi connectivity index (χ1v) is 8.27. The number of rotatable bonds is 3. The van der Waals surface area contributed by atoms with Crippen LogP contribution in [0, 0.1) is 5.41 Å². The van der Waals surface area contributed by atoms with E-state index in [4.69, 9.17) is 4.74 Å². The first-order valence-electron chi connectivity index (χ1n) is 7.36. The Morgan fingerprint density at radius 2 is 2.05 bits per heavy atom. The molecule has 0 N–H and O–H groups in total. The molecule has 3 atom stereocenters. The molecule has 0 spiro atoms. The van der Waals surface area contributed by atoms with Gasteiger partial charge in [0.2, 0.25) is 0 Å². The van der Waals surface area contributed by atoms with Crippen molar-refractivity contribution in [2.75, 3.05) is 7.11 Å². The van der Waals surface area contributed by atoms with Gasteiger partial charge in [0.05, 0.1) is 11.1 Å². The van der Waals surface area contributed by atoms with E-state index in [-0.39, 0.29) is 16.5 Å². The minimum absolute atomic E-state index is 0.0184. The van der Waals surface area contributed by atoms with Crippen LogP contribution >= 0.6 is 15.9 Å². The monoisotopic (exact) mass is 342 g/mol. The van der Waals surface area contributed by atoms with Gasteiger partial charge in [-0.25, -0.2) is 5.01 Å². The van der Waals surface area contributed by atoms with E-state index in [2.05, 4.69) is 67.8 Å². The molecule has 20 heavy (non-hydrogen) atoms. The molecule has 0 aromatic carbocycles. The molecule has 1 aliphatic heterocycles. The fourth-order valence-corrected chi connectivity index (χ4v) is 3.10. The Kier molecular flexibility index (Phi) is 6.46. The number of methoxy groups -OCH3 is 1. The number of allylic oxidation sites excluding steroid dienone is 4. The van der Waals surface area contributed by atoms with E-state index in [1.807, 2.05) is 11.2 Å². The van der Waals surface area contributed by atoms with Gasteiger partial charge in [-0.15, -0.1) is 0 Å². The van der Waals surface area contributed by atoms with Gasteiger partial charge in [-0.05, 0) is 26.3 Å². The predicted octanol–water partition coefficient (Wildman–Crippen LogP) is 4.70.